The molecule has 3 heterocycles. The van der Waals surface area contributed by atoms with Gasteiger partial charge in [0.25, 0.3) is 0 Å². The minimum absolute atomic E-state index is 0.465. The van der Waals surface area contributed by atoms with Crippen molar-refractivity contribution in [2.45, 2.75) is 59.3 Å². The molecule has 1 aliphatic heterocycles. The third-order valence-corrected chi connectivity index (χ3v) is 7.17. The first-order valence-corrected chi connectivity index (χ1v) is 13.0. The molecule has 1 aliphatic rings. The normalized spacial score (nSPS) is 15.1. The first-order chi connectivity index (χ1) is 16.7. The number of aromatic nitrogens is 4. The van der Waals surface area contributed by atoms with Crippen molar-refractivity contribution in [2.24, 2.45) is 13.0 Å². The van der Waals surface area contributed by atoms with Gasteiger partial charge in [-0.2, -0.15) is 10.1 Å². The maximum Gasteiger partial charge on any atom is 0.229 e. The van der Waals surface area contributed by atoms with Crippen LogP contribution >= 0.6 is 11.6 Å². The zero-order chi connectivity index (χ0) is 25.1. The number of benzene rings is 1. The molecule has 8 heteroatoms. The Morgan fingerprint density at radius 2 is 1.83 bits per heavy atom. The summed E-state index contributed by atoms with van der Waals surface area (Å²) in [6, 6.07) is 4.71. The van der Waals surface area contributed by atoms with E-state index in [-0.39, 0.29) is 0 Å². The highest BCUT2D eigenvalue weighted by Crippen LogP contribution is 2.35. The Bertz CT molecular complexity index is 1160. The van der Waals surface area contributed by atoms with Gasteiger partial charge in [-0.3, -0.25) is 4.68 Å². The highest BCUT2D eigenvalue weighted by atomic mass is 35.5. The largest absolute Gasteiger partial charge is 0.336 e. The van der Waals surface area contributed by atoms with Crippen LogP contribution in [0.15, 0.2) is 24.5 Å². The number of piperidine rings is 1. The Balaban J connectivity index is 1.62. The number of anilines is 4. The Morgan fingerprint density at radius 1 is 1.09 bits per heavy atom. The molecule has 0 amide bonds. The molecule has 1 saturated heterocycles. The van der Waals surface area contributed by atoms with Crippen molar-refractivity contribution < 1.29 is 0 Å². The summed E-state index contributed by atoms with van der Waals surface area (Å²) < 4.78 is 1.77. The third kappa shape index (κ3) is 6.33. The molecule has 0 spiro atoms. The van der Waals surface area contributed by atoms with Gasteiger partial charge in [0, 0.05) is 18.9 Å². The van der Waals surface area contributed by atoms with Crippen molar-refractivity contribution >= 4 is 34.7 Å². The molecule has 1 fully saturated rings. The molecule has 2 N–H and O–H groups in total. The number of hydrogen-bond donors (Lipinski definition) is 2. The van der Waals surface area contributed by atoms with E-state index >= 15 is 0 Å². The van der Waals surface area contributed by atoms with E-state index < -0.39 is 0 Å². The summed E-state index contributed by atoms with van der Waals surface area (Å²) in [4.78, 5) is 11.6. The van der Waals surface area contributed by atoms with Crippen molar-refractivity contribution in [1.82, 2.24) is 24.6 Å². The van der Waals surface area contributed by atoms with E-state index in [2.05, 4.69) is 65.6 Å². The zero-order valence-electron chi connectivity index (χ0n) is 21.8. The van der Waals surface area contributed by atoms with E-state index in [9.17, 15) is 0 Å². The number of nitrogens with zero attached hydrogens (tertiary/aromatic N) is 5. The standard InChI is InChI=1S/C27H38ClN7/c1-17(2)7-8-21-14-22(20-9-11-34(5)12-10-20)18(3)13-24(21)31-27-29-15-23(28)26(32-27)30-25-16-35(6)33-19(25)4/h13-17,20H,7-12H2,1-6H3,(H2,29,30,31,32). The second-order valence-corrected chi connectivity index (χ2v) is 10.7. The van der Waals surface area contributed by atoms with Gasteiger partial charge in [0.1, 0.15) is 5.02 Å². The molecule has 0 aliphatic carbocycles. The highest BCUT2D eigenvalue weighted by Gasteiger charge is 2.22. The average Bonchev–Trinajstić information content (AvgIpc) is 3.12. The minimum atomic E-state index is 0.465. The Morgan fingerprint density at radius 3 is 2.49 bits per heavy atom. The predicted octanol–water partition coefficient (Wildman–Crippen LogP) is 6.37. The van der Waals surface area contributed by atoms with Gasteiger partial charge in [0.05, 0.1) is 17.6 Å². The van der Waals surface area contributed by atoms with E-state index in [1.165, 1.54) is 29.5 Å². The SMILES string of the molecule is Cc1cc(Nc2ncc(Cl)c(Nc3cn(C)nc3C)n2)c(CCC(C)C)cc1C1CCN(C)CC1. The summed E-state index contributed by atoms with van der Waals surface area (Å²) in [7, 11) is 4.11. The minimum Gasteiger partial charge on any atom is -0.336 e. The van der Waals surface area contributed by atoms with Crippen LogP contribution in [-0.4, -0.2) is 44.8 Å². The van der Waals surface area contributed by atoms with Gasteiger partial charge in [-0.05, 0) is 94.3 Å². The first kappa shape index (κ1) is 25.5. The van der Waals surface area contributed by atoms with Crippen LogP contribution in [0.4, 0.5) is 23.1 Å². The van der Waals surface area contributed by atoms with Gasteiger partial charge in [0.15, 0.2) is 5.82 Å². The van der Waals surface area contributed by atoms with Crippen LogP contribution in [0.5, 0.6) is 0 Å². The highest BCUT2D eigenvalue weighted by molar-refractivity contribution is 6.32. The van der Waals surface area contributed by atoms with Gasteiger partial charge < -0.3 is 15.5 Å². The van der Waals surface area contributed by atoms with Gasteiger partial charge >= 0.3 is 0 Å². The summed E-state index contributed by atoms with van der Waals surface area (Å²) >= 11 is 6.42. The second kappa shape index (κ2) is 11.0. The lowest BCUT2D eigenvalue weighted by molar-refractivity contribution is 0.255. The zero-order valence-corrected chi connectivity index (χ0v) is 22.6. The summed E-state index contributed by atoms with van der Waals surface area (Å²) in [5.41, 5.74) is 6.98. The predicted molar refractivity (Wildman–Crippen MR) is 145 cm³/mol. The molecule has 4 rings (SSSR count). The van der Waals surface area contributed by atoms with Crippen LogP contribution in [0.1, 0.15) is 61.4 Å². The fourth-order valence-corrected chi connectivity index (χ4v) is 4.92. The first-order valence-electron chi connectivity index (χ1n) is 12.6. The van der Waals surface area contributed by atoms with E-state index in [4.69, 9.17) is 16.6 Å². The maximum atomic E-state index is 6.42. The number of nitrogens with one attached hydrogen (secondary N) is 2. The molecular weight excluding hydrogens is 458 g/mol. The monoisotopic (exact) mass is 495 g/mol. The second-order valence-electron chi connectivity index (χ2n) is 10.3. The van der Waals surface area contributed by atoms with Gasteiger partial charge in [-0.1, -0.05) is 31.5 Å². The lowest BCUT2D eigenvalue weighted by atomic mass is 9.84. The smallest absolute Gasteiger partial charge is 0.229 e. The van der Waals surface area contributed by atoms with Crippen molar-refractivity contribution in [3.05, 3.63) is 51.9 Å². The number of likely N-dealkylation sites (tertiary alicyclic amines) is 1. The molecule has 7 nitrogen and oxygen atoms in total. The van der Waals surface area contributed by atoms with E-state index in [1.807, 2.05) is 20.2 Å². The molecule has 1 aromatic carbocycles. The van der Waals surface area contributed by atoms with Gasteiger partial charge in [-0.15, -0.1) is 0 Å². The Hall–Kier alpha value is -2.64. The number of aryl methyl sites for hydroxylation is 4. The van der Waals surface area contributed by atoms with Crippen LogP contribution in [-0.2, 0) is 13.5 Å². The van der Waals surface area contributed by atoms with Gasteiger partial charge in [-0.25, -0.2) is 4.98 Å². The molecule has 2 aromatic heterocycles. The lowest BCUT2D eigenvalue weighted by Gasteiger charge is -2.31. The average molecular weight is 496 g/mol. The van der Waals surface area contributed by atoms with Crippen molar-refractivity contribution in [1.29, 1.82) is 0 Å². The van der Waals surface area contributed by atoms with Crippen molar-refractivity contribution in [2.75, 3.05) is 30.8 Å². The van der Waals surface area contributed by atoms with E-state index in [0.29, 0.717) is 28.6 Å². The van der Waals surface area contributed by atoms with Crippen molar-refractivity contribution in [3.63, 3.8) is 0 Å². The van der Waals surface area contributed by atoms with Crippen LogP contribution in [0.3, 0.4) is 0 Å². The summed E-state index contributed by atoms with van der Waals surface area (Å²) in [5, 5.41) is 11.6. The molecule has 3 aromatic rings. The molecule has 0 radical (unpaired) electrons. The van der Waals surface area contributed by atoms with Crippen molar-refractivity contribution in [3.8, 4) is 0 Å². The topological polar surface area (TPSA) is 70.9 Å². The fourth-order valence-electron chi connectivity index (χ4n) is 4.78. The molecule has 35 heavy (non-hydrogen) atoms. The molecular formula is C27H38ClN7. The Kier molecular flexibility index (Phi) is 7.97. The molecule has 0 unspecified atom stereocenters. The van der Waals surface area contributed by atoms with Crippen LogP contribution < -0.4 is 10.6 Å². The summed E-state index contributed by atoms with van der Waals surface area (Å²) in [5.74, 6) is 2.35. The lowest BCUT2D eigenvalue weighted by Crippen LogP contribution is -2.29. The third-order valence-electron chi connectivity index (χ3n) is 6.90. The van der Waals surface area contributed by atoms with Gasteiger partial charge in [0.2, 0.25) is 5.95 Å². The summed E-state index contributed by atoms with van der Waals surface area (Å²) in [6.45, 7) is 11.1. The summed E-state index contributed by atoms with van der Waals surface area (Å²) in [6.07, 6.45) is 8.15. The number of rotatable bonds is 8. The number of hydrogen-bond acceptors (Lipinski definition) is 6. The molecule has 0 saturated carbocycles. The van der Waals surface area contributed by atoms with Crippen LogP contribution in [0, 0.1) is 19.8 Å². The number of halogens is 1. The van der Waals surface area contributed by atoms with E-state index in [0.717, 1.165) is 43.0 Å². The van der Waals surface area contributed by atoms with E-state index in [1.54, 1.807) is 10.9 Å². The molecule has 0 atom stereocenters. The fraction of sp³-hybridized carbons (Fsp3) is 0.519. The molecule has 0 bridgehead atoms. The quantitative estimate of drug-likeness (QED) is 0.378. The van der Waals surface area contributed by atoms with Crippen LogP contribution in [0.25, 0.3) is 0 Å². The maximum absolute atomic E-state index is 6.42. The Labute approximate surface area is 214 Å². The molecule has 188 valence electrons. The van der Waals surface area contributed by atoms with Crippen LogP contribution in [0.2, 0.25) is 5.02 Å².